The van der Waals surface area contributed by atoms with E-state index in [-0.39, 0.29) is 10.8 Å². The Morgan fingerprint density at radius 2 is 1.85 bits per heavy atom. The van der Waals surface area contributed by atoms with Crippen LogP contribution in [0, 0.1) is 6.92 Å². The third-order valence-electron chi connectivity index (χ3n) is 4.31. The molecule has 0 spiro atoms. The van der Waals surface area contributed by atoms with Gasteiger partial charge in [0.15, 0.2) is 0 Å². The summed E-state index contributed by atoms with van der Waals surface area (Å²) in [5, 5.41) is 2.75. The van der Waals surface area contributed by atoms with Gasteiger partial charge < -0.3 is 5.32 Å². The summed E-state index contributed by atoms with van der Waals surface area (Å²) < 4.78 is 27.9. The Kier molecular flexibility index (Phi) is 5.91. The summed E-state index contributed by atoms with van der Waals surface area (Å²) in [6.07, 6.45) is 3.58. The minimum atomic E-state index is -3.74. The molecule has 0 radical (unpaired) electrons. The molecule has 1 aliphatic rings. The molecule has 1 heterocycles. The van der Waals surface area contributed by atoms with Gasteiger partial charge in [0.05, 0.1) is 4.90 Å². The Hall–Kier alpha value is -2.67. The molecule has 1 amide bonds. The Bertz CT molecular complexity index is 968. The first-order valence-electron chi connectivity index (χ1n) is 8.98. The number of rotatable bonds is 4. The number of carbonyl (C=O) groups is 1. The molecule has 1 aliphatic heterocycles. The van der Waals surface area contributed by atoms with E-state index < -0.39 is 10.0 Å². The van der Waals surface area contributed by atoms with Gasteiger partial charge in [-0.2, -0.15) is 0 Å². The summed E-state index contributed by atoms with van der Waals surface area (Å²) in [7, 11) is -3.74. The van der Waals surface area contributed by atoms with Crippen molar-refractivity contribution in [3.63, 3.8) is 0 Å². The van der Waals surface area contributed by atoms with Crippen LogP contribution >= 0.6 is 0 Å². The van der Waals surface area contributed by atoms with Crippen LogP contribution in [0.15, 0.2) is 58.4 Å². The molecule has 27 heavy (non-hydrogen) atoms. The quantitative estimate of drug-likeness (QED) is 0.844. The SMILES string of the molecule is Cc1cccc(C(=O)Nc2cccc(S(=O)(=O)NC3=NCCCCC3)c2)c1. The summed E-state index contributed by atoms with van der Waals surface area (Å²) in [4.78, 5) is 16.8. The second-order valence-electron chi connectivity index (χ2n) is 6.60. The largest absolute Gasteiger partial charge is 0.322 e. The second kappa shape index (κ2) is 8.35. The van der Waals surface area contributed by atoms with Crippen molar-refractivity contribution < 1.29 is 13.2 Å². The molecule has 2 aromatic rings. The van der Waals surface area contributed by atoms with E-state index in [4.69, 9.17) is 0 Å². The van der Waals surface area contributed by atoms with E-state index in [1.807, 2.05) is 19.1 Å². The monoisotopic (exact) mass is 385 g/mol. The smallest absolute Gasteiger partial charge is 0.262 e. The number of sulfonamides is 1. The zero-order chi connectivity index (χ0) is 19.3. The van der Waals surface area contributed by atoms with Gasteiger partial charge in [-0.25, -0.2) is 8.42 Å². The molecule has 2 N–H and O–H groups in total. The molecule has 0 saturated heterocycles. The highest BCUT2D eigenvalue weighted by Crippen LogP contribution is 2.17. The van der Waals surface area contributed by atoms with Gasteiger partial charge in [0.25, 0.3) is 15.9 Å². The van der Waals surface area contributed by atoms with Crippen LogP contribution in [0.2, 0.25) is 0 Å². The van der Waals surface area contributed by atoms with Crippen molar-refractivity contribution in [2.24, 2.45) is 4.99 Å². The van der Waals surface area contributed by atoms with Crippen LogP contribution in [0.1, 0.15) is 41.6 Å². The molecule has 0 aromatic heterocycles. The van der Waals surface area contributed by atoms with E-state index in [1.165, 1.54) is 12.1 Å². The minimum absolute atomic E-state index is 0.0940. The number of aryl methyl sites for hydroxylation is 1. The third kappa shape index (κ3) is 5.17. The molecule has 7 heteroatoms. The second-order valence-corrected chi connectivity index (χ2v) is 8.28. The van der Waals surface area contributed by atoms with Crippen molar-refractivity contribution in [2.45, 2.75) is 37.5 Å². The normalized spacial score (nSPS) is 14.8. The zero-order valence-electron chi connectivity index (χ0n) is 15.2. The number of hydrogen-bond donors (Lipinski definition) is 2. The van der Waals surface area contributed by atoms with Gasteiger partial charge >= 0.3 is 0 Å². The van der Waals surface area contributed by atoms with Crippen molar-refractivity contribution in [1.82, 2.24) is 4.72 Å². The van der Waals surface area contributed by atoms with Gasteiger partial charge in [0, 0.05) is 24.2 Å². The lowest BCUT2D eigenvalue weighted by atomic mass is 10.1. The van der Waals surface area contributed by atoms with Gasteiger partial charge in [-0.05, 0) is 50.1 Å². The van der Waals surface area contributed by atoms with Crippen LogP contribution in [0.5, 0.6) is 0 Å². The molecule has 0 aliphatic carbocycles. The zero-order valence-corrected chi connectivity index (χ0v) is 16.1. The highest BCUT2D eigenvalue weighted by atomic mass is 32.2. The average Bonchev–Trinajstić information content (AvgIpc) is 2.90. The van der Waals surface area contributed by atoms with Crippen molar-refractivity contribution in [2.75, 3.05) is 11.9 Å². The van der Waals surface area contributed by atoms with E-state index in [9.17, 15) is 13.2 Å². The minimum Gasteiger partial charge on any atom is -0.322 e. The third-order valence-corrected chi connectivity index (χ3v) is 5.69. The molecule has 3 rings (SSSR count). The van der Waals surface area contributed by atoms with E-state index in [0.29, 0.717) is 30.1 Å². The fourth-order valence-corrected chi connectivity index (χ4v) is 4.04. The topological polar surface area (TPSA) is 87.6 Å². The lowest BCUT2D eigenvalue weighted by Crippen LogP contribution is -2.30. The maximum Gasteiger partial charge on any atom is 0.262 e. The van der Waals surface area contributed by atoms with Gasteiger partial charge in [-0.15, -0.1) is 0 Å². The van der Waals surface area contributed by atoms with Crippen molar-refractivity contribution >= 4 is 27.5 Å². The van der Waals surface area contributed by atoms with Gasteiger partial charge in [-0.1, -0.05) is 30.2 Å². The predicted molar refractivity (Wildman–Crippen MR) is 107 cm³/mol. The van der Waals surface area contributed by atoms with Gasteiger partial charge in [0.1, 0.15) is 5.84 Å². The van der Waals surface area contributed by atoms with E-state index in [1.54, 1.807) is 24.3 Å². The number of carbonyl (C=O) groups excluding carboxylic acids is 1. The summed E-state index contributed by atoms with van der Waals surface area (Å²) in [5.74, 6) is 0.219. The fourth-order valence-electron chi connectivity index (χ4n) is 2.90. The number of amidine groups is 1. The van der Waals surface area contributed by atoms with Crippen LogP contribution in [-0.2, 0) is 10.0 Å². The number of anilines is 1. The standard InChI is InChI=1S/C20H23N3O3S/c1-15-7-5-8-16(13-15)20(24)22-17-9-6-10-18(14-17)27(25,26)23-19-11-3-2-4-12-21-19/h5-10,13-14H,2-4,11-12H2,1H3,(H,21,23)(H,22,24). The van der Waals surface area contributed by atoms with Crippen LogP contribution in [0.4, 0.5) is 5.69 Å². The Labute approximate surface area is 159 Å². The molecule has 142 valence electrons. The maximum atomic E-state index is 12.7. The highest BCUT2D eigenvalue weighted by molar-refractivity contribution is 7.90. The van der Waals surface area contributed by atoms with Gasteiger partial charge in [-0.3, -0.25) is 14.5 Å². The molecule has 2 aromatic carbocycles. The van der Waals surface area contributed by atoms with Gasteiger partial charge in [0.2, 0.25) is 0 Å². The predicted octanol–water partition coefficient (Wildman–Crippen LogP) is 3.50. The van der Waals surface area contributed by atoms with Crippen LogP contribution < -0.4 is 10.0 Å². The molecule has 0 fully saturated rings. The molecular weight excluding hydrogens is 362 g/mol. The molecular formula is C20H23N3O3S. The highest BCUT2D eigenvalue weighted by Gasteiger charge is 2.18. The van der Waals surface area contributed by atoms with E-state index in [2.05, 4.69) is 15.0 Å². The first-order chi connectivity index (χ1) is 12.9. The lowest BCUT2D eigenvalue weighted by molar-refractivity contribution is 0.102. The van der Waals surface area contributed by atoms with Crippen molar-refractivity contribution in [3.05, 3.63) is 59.7 Å². The number of aliphatic imine (C=N–C) groups is 1. The first kappa shape index (κ1) is 19.1. The van der Waals surface area contributed by atoms with Crippen LogP contribution in [0.25, 0.3) is 0 Å². The molecule has 0 saturated carbocycles. The molecule has 0 unspecified atom stereocenters. The summed E-state index contributed by atoms with van der Waals surface area (Å²) in [6, 6.07) is 13.4. The fraction of sp³-hybridized carbons (Fsp3) is 0.300. The summed E-state index contributed by atoms with van der Waals surface area (Å²) in [6.45, 7) is 2.55. The number of nitrogens with one attached hydrogen (secondary N) is 2. The Balaban J connectivity index is 1.76. The molecule has 6 nitrogen and oxygen atoms in total. The van der Waals surface area contributed by atoms with Crippen LogP contribution in [-0.4, -0.2) is 26.7 Å². The van der Waals surface area contributed by atoms with E-state index >= 15 is 0 Å². The number of amides is 1. The average molecular weight is 385 g/mol. The lowest BCUT2D eigenvalue weighted by Gasteiger charge is -2.11. The Morgan fingerprint density at radius 1 is 1.04 bits per heavy atom. The maximum absolute atomic E-state index is 12.7. The first-order valence-corrected chi connectivity index (χ1v) is 10.5. The molecule has 0 atom stereocenters. The summed E-state index contributed by atoms with van der Waals surface area (Å²) in [5.41, 5.74) is 1.92. The molecule has 0 bridgehead atoms. The van der Waals surface area contributed by atoms with Crippen molar-refractivity contribution in [1.29, 1.82) is 0 Å². The van der Waals surface area contributed by atoms with Crippen LogP contribution in [0.3, 0.4) is 0 Å². The Morgan fingerprint density at radius 3 is 2.67 bits per heavy atom. The summed E-state index contributed by atoms with van der Waals surface area (Å²) >= 11 is 0. The number of nitrogens with zero attached hydrogens (tertiary/aromatic N) is 1. The van der Waals surface area contributed by atoms with E-state index in [0.717, 1.165) is 24.8 Å². The van der Waals surface area contributed by atoms with Crippen molar-refractivity contribution in [3.8, 4) is 0 Å². The number of hydrogen-bond acceptors (Lipinski definition) is 4. The number of benzene rings is 2.